The third-order valence-corrected chi connectivity index (χ3v) is 6.27. The molecule has 3 aliphatic heterocycles. The van der Waals surface area contributed by atoms with Gasteiger partial charge < -0.3 is 9.47 Å². The van der Waals surface area contributed by atoms with Gasteiger partial charge in [0.1, 0.15) is 5.70 Å². The number of benzene rings is 2. The van der Waals surface area contributed by atoms with E-state index >= 15 is 0 Å². The molecule has 7 nitrogen and oxygen atoms in total. The van der Waals surface area contributed by atoms with E-state index < -0.39 is 6.17 Å². The molecule has 9 heteroatoms. The zero-order valence-electron chi connectivity index (χ0n) is 15.5. The van der Waals surface area contributed by atoms with Gasteiger partial charge in [-0.15, -0.1) is 5.10 Å². The van der Waals surface area contributed by atoms with Crippen molar-refractivity contribution in [1.82, 2.24) is 10.3 Å². The third kappa shape index (κ3) is 3.28. The summed E-state index contributed by atoms with van der Waals surface area (Å²) in [5.41, 5.74) is 1.36. The maximum Gasteiger partial charge on any atom is 0.276 e. The molecule has 0 aliphatic carbocycles. The average molecular weight is 473 g/mol. The maximum absolute atomic E-state index is 13.1. The molecule has 1 atom stereocenters. The highest BCUT2D eigenvalue weighted by molar-refractivity contribution is 9.10. The van der Waals surface area contributed by atoms with E-state index in [0.717, 1.165) is 32.8 Å². The fraction of sp³-hybridized carbons (Fsp3) is 0.250. The molecule has 1 N–H and O–H groups in total. The van der Waals surface area contributed by atoms with Crippen molar-refractivity contribution in [2.75, 3.05) is 12.5 Å². The first-order valence-electron chi connectivity index (χ1n) is 9.23. The molecular formula is C20H17BrN4O3S. The van der Waals surface area contributed by atoms with Crippen LogP contribution in [0.3, 0.4) is 0 Å². The molecule has 29 heavy (non-hydrogen) atoms. The molecule has 148 valence electrons. The Morgan fingerprint density at radius 3 is 2.97 bits per heavy atom. The number of carbonyl (C=O) groups is 1. The van der Waals surface area contributed by atoms with Crippen LogP contribution in [0.1, 0.15) is 25.1 Å². The van der Waals surface area contributed by atoms with E-state index in [4.69, 9.17) is 19.6 Å². The minimum Gasteiger partial charge on any atom is -0.454 e. The van der Waals surface area contributed by atoms with E-state index in [1.54, 1.807) is 5.01 Å². The van der Waals surface area contributed by atoms with Crippen LogP contribution in [0.4, 0.5) is 0 Å². The summed E-state index contributed by atoms with van der Waals surface area (Å²) in [5, 5.41) is 11.4. The lowest BCUT2D eigenvalue weighted by Crippen LogP contribution is -2.50. The number of amidine groups is 1. The summed E-state index contributed by atoms with van der Waals surface area (Å²) in [6.45, 7) is 2.30. The molecule has 1 amide bonds. The zero-order valence-corrected chi connectivity index (χ0v) is 17.9. The number of carbonyl (C=O) groups excluding carboxylic acids is 1. The Kier molecular flexibility index (Phi) is 4.71. The number of hydrogen-bond donors (Lipinski definition) is 1. The second-order valence-electron chi connectivity index (χ2n) is 6.68. The summed E-state index contributed by atoms with van der Waals surface area (Å²) < 4.78 is 11.8. The van der Waals surface area contributed by atoms with Gasteiger partial charge in [0.2, 0.25) is 6.79 Å². The molecule has 0 saturated carbocycles. The van der Waals surface area contributed by atoms with E-state index in [1.165, 1.54) is 11.8 Å². The van der Waals surface area contributed by atoms with Crippen molar-refractivity contribution in [3.63, 3.8) is 0 Å². The molecule has 0 saturated heterocycles. The van der Waals surface area contributed by atoms with E-state index in [9.17, 15) is 4.79 Å². The van der Waals surface area contributed by atoms with Crippen molar-refractivity contribution in [3.05, 3.63) is 57.0 Å². The van der Waals surface area contributed by atoms with Gasteiger partial charge in [-0.2, -0.15) is 0 Å². The maximum atomic E-state index is 13.1. The molecular weight excluding hydrogens is 456 g/mol. The number of hydrazone groups is 1. The van der Waals surface area contributed by atoms with Gasteiger partial charge in [-0.25, -0.2) is 5.01 Å². The molecule has 0 radical (unpaired) electrons. The van der Waals surface area contributed by atoms with Crippen molar-refractivity contribution in [3.8, 4) is 11.5 Å². The number of nitrogens with zero attached hydrogens (tertiary/aromatic N) is 3. The fourth-order valence-corrected chi connectivity index (χ4v) is 4.48. The first-order valence-corrected chi connectivity index (χ1v) is 11.0. The quantitative estimate of drug-likeness (QED) is 0.742. The largest absolute Gasteiger partial charge is 0.454 e. The molecule has 0 spiro atoms. The van der Waals surface area contributed by atoms with Crippen LogP contribution in [-0.4, -0.2) is 28.6 Å². The summed E-state index contributed by atoms with van der Waals surface area (Å²) >= 11 is 5.02. The highest BCUT2D eigenvalue weighted by atomic mass is 79.9. The second kappa shape index (κ2) is 7.38. The molecule has 2 aromatic rings. The number of hydrogen-bond acceptors (Lipinski definition) is 7. The summed E-state index contributed by atoms with van der Waals surface area (Å²) in [6, 6.07) is 11.4. The van der Waals surface area contributed by atoms with Crippen LogP contribution in [-0.2, 0) is 4.79 Å². The van der Waals surface area contributed by atoms with Gasteiger partial charge in [-0.1, -0.05) is 40.7 Å². The van der Waals surface area contributed by atoms with Gasteiger partial charge in [0.25, 0.3) is 5.91 Å². The van der Waals surface area contributed by atoms with Gasteiger partial charge in [-0.3, -0.25) is 15.1 Å². The minimum absolute atomic E-state index is 0.182. The van der Waals surface area contributed by atoms with Crippen molar-refractivity contribution in [2.24, 2.45) is 10.1 Å². The SMILES string of the molecule is CCCSC1=NN2C(=c3cc(Br)ccc3=NC2c2ccc3c(c2)OCO3)C(=O)N1. The van der Waals surface area contributed by atoms with Crippen LogP contribution >= 0.6 is 27.7 Å². The number of ether oxygens (including phenoxy) is 2. The monoisotopic (exact) mass is 472 g/mol. The van der Waals surface area contributed by atoms with Gasteiger partial charge >= 0.3 is 0 Å². The summed E-state index contributed by atoms with van der Waals surface area (Å²) in [6.07, 6.45) is 0.512. The number of amides is 1. The van der Waals surface area contributed by atoms with Crippen LogP contribution in [0.5, 0.6) is 11.5 Å². The molecule has 5 rings (SSSR count). The molecule has 3 aliphatic rings. The smallest absolute Gasteiger partial charge is 0.276 e. The molecule has 2 aromatic carbocycles. The van der Waals surface area contributed by atoms with E-state index in [1.807, 2.05) is 36.4 Å². The predicted molar refractivity (Wildman–Crippen MR) is 114 cm³/mol. The van der Waals surface area contributed by atoms with E-state index in [0.29, 0.717) is 22.4 Å². The van der Waals surface area contributed by atoms with Gasteiger partial charge in [0.15, 0.2) is 22.8 Å². The second-order valence-corrected chi connectivity index (χ2v) is 8.68. The lowest BCUT2D eigenvalue weighted by atomic mass is 10.1. The Bertz CT molecular complexity index is 1170. The highest BCUT2D eigenvalue weighted by Gasteiger charge is 2.35. The first kappa shape index (κ1) is 18.5. The van der Waals surface area contributed by atoms with Gasteiger partial charge in [0.05, 0.1) is 5.36 Å². The van der Waals surface area contributed by atoms with Crippen LogP contribution < -0.4 is 25.4 Å². The average Bonchev–Trinajstić information content (AvgIpc) is 3.19. The van der Waals surface area contributed by atoms with Crippen molar-refractivity contribution >= 4 is 44.5 Å². The summed E-state index contributed by atoms with van der Waals surface area (Å²) in [5.74, 6) is 2.07. The number of rotatable bonds is 3. The summed E-state index contributed by atoms with van der Waals surface area (Å²) in [4.78, 5) is 18.0. The van der Waals surface area contributed by atoms with E-state index in [2.05, 4.69) is 28.2 Å². The Labute approximate surface area is 179 Å². The molecule has 1 unspecified atom stereocenters. The predicted octanol–water partition coefficient (Wildman–Crippen LogP) is 2.46. The Hall–Kier alpha value is -2.52. The van der Waals surface area contributed by atoms with Crippen LogP contribution in [0.15, 0.2) is 51.0 Å². The first-order chi connectivity index (χ1) is 14.1. The standard InChI is InChI=1S/C20H17BrN4O3S/c1-2-7-29-20-23-19(26)17-13-9-12(21)4-5-14(13)22-18(25(17)24-20)11-3-6-15-16(8-11)28-10-27-15/h3-6,8-9,18H,2,7,10H2,1H3,(H,23,24,26). The number of nitrogens with one attached hydrogen (secondary N) is 1. The molecule has 3 heterocycles. The van der Waals surface area contributed by atoms with Crippen molar-refractivity contribution in [2.45, 2.75) is 19.5 Å². The van der Waals surface area contributed by atoms with Crippen LogP contribution in [0.2, 0.25) is 0 Å². The van der Waals surface area contributed by atoms with Crippen LogP contribution in [0, 0.1) is 0 Å². The molecule has 0 bridgehead atoms. The lowest BCUT2D eigenvalue weighted by Gasteiger charge is -2.34. The Morgan fingerprint density at radius 2 is 2.10 bits per heavy atom. The fourth-order valence-electron chi connectivity index (χ4n) is 3.41. The number of thioether (sulfide) groups is 1. The normalized spacial score (nSPS) is 19.2. The summed E-state index contributed by atoms with van der Waals surface area (Å²) in [7, 11) is 0. The Morgan fingerprint density at radius 1 is 1.24 bits per heavy atom. The number of halogens is 1. The topological polar surface area (TPSA) is 75.5 Å². The minimum atomic E-state index is -0.476. The number of fused-ring (bicyclic) bond motifs is 3. The van der Waals surface area contributed by atoms with Gasteiger partial charge in [-0.05, 0) is 36.8 Å². The van der Waals surface area contributed by atoms with Crippen LogP contribution in [0.25, 0.3) is 5.70 Å². The highest BCUT2D eigenvalue weighted by Crippen LogP contribution is 2.38. The van der Waals surface area contributed by atoms with Crippen molar-refractivity contribution < 1.29 is 14.3 Å². The third-order valence-electron chi connectivity index (χ3n) is 4.71. The van der Waals surface area contributed by atoms with Crippen molar-refractivity contribution in [1.29, 1.82) is 0 Å². The van der Waals surface area contributed by atoms with E-state index in [-0.39, 0.29) is 12.7 Å². The Balaban J connectivity index is 1.68. The van der Waals surface area contributed by atoms with Gasteiger partial charge in [0, 0.05) is 21.0 Å². The lowest BCUT2D eigenvalue weighted by molar-refractivity contribution is -0.116. The zero-order chi connectivity index (χ0) is 20.0. The molecule has 0 aromatic heterocycles. The molecule has 0 fully saturated rings.